The lowest BCUT2D eigenvalue weighted by Crippen LogP contribution is -2.17. The molecule has 3 heteroatoms. The third-order valence-corrected chi connectivity index (χ3v) is 1.19. The molecule has 0 aliphatic carbocycles. The fraction of sp³-hybridized carbons (Fsp3) is 0.714. The van der Waals surface area contributed by atoms with Crippen molar-refractivity contribution in [1.29, 1.82) is 0 Å². The van der Waals surface area contributed by atoms with E-state index < -0.39 is 12.0 Å². The number of esters is 1. The molecule has 1 unspecified atom stereocenters. The summed E-state index contributed by atoms with van der Waals surface area (Å²) in [4.78, 5) is 13.8. The molecule has 1 atom stereocenters. The molecule has 0 spiro atoms. The minimum Gasteiger partial charge on any atom is -0.463 e. The first-order valence-electron chi connectivity index (χ1n) is 3.20. The average Bonchev–Trinajstić information content (AvgIpc) is 1.99. The Morgan fingerprint density at radius 1 is 1.80 bits per heavy atom. The Labute approximate surface area is 60.8 Å². The first kappa shape index (κ1) is 8.96. The van der Waals surface area contributed by atoms with Crippen molar-refractivity contribution in [3.8, 4) is 0 Å². The molecule has 0 rings (SSSR count). The number of carbonyl (C=O) groups is 1. The van der Waals surface area contributed by atoms with Gasteiger partial charge >= 0.3 is 12.0 Å². The van der Waals surface area contributed by atoms with Crippen LogP contribution in [0.25, 0.3) is 4.85 Å². The summed E-state index contributed by atoms with van der Waals surface area (Å²) >= 11 is 0. The summed E-state index contributed by atoms with van der Waals surface area (Å²) in [6, 6.07) is -0.588. The zero-order chi connectivity index (χ0) is 7.98. The Hall–Kier alpha value is -1.04. The van der Waals surface area contributed by atoms with Gasteiger partial charge in [-0.25, -0.2) is 11.4 Å². The molecule has 0 saturated carbocycles. The van der Waals surface area contributed by atoms with Crippen LogP contribution in [0, 0.1) is 6.57 Å². The second kappa shape index (κ2) is 4.80. The maximum Gasteiger partial charge on any atom is 0.389 e. The molecule has 0 bridgehead atoms. The van der Waals surface area contributed by atoms with Crippen molar-refractivity contribution in [2.75, 3.05) is 7.11 Å². The molecule has 0 aromatic carbocycles. The van der Waals surface area contributed by atoms with Gasteiger partial charge in [-0.1, -0.05) is 6.92 Å². The SMILES string of the molecule is [C-]#[N+]C(CCC)C(=O)OC. The summed E-state index contributed by atoms with van der Waals surface area (Å²) < 4.78 is 4.40. The van der Waals surface area contributed by atoms with Crippen LogP contribution in [0.5, 0.6) is 0 Å². The third kappa shape index (κ3) is 2.49. The van der Waals surface area contributed by atoms with Gasteiger partial charge < -0.3 is 9.58 Å². The molecule has 56 valence electrons. The fourth-order valence-corrected chi connectivity index (χ4v) is 0.645. The van der Waals surface area contributed by atoms with E-state index in [0.29, 0.717) is 6.42 Å². The van der Waals surface area contributed by atoms with Gasteiger partial charge in [0.2, 0.25) is 0 Å². The predicted octanol–water partition coefficient (Wildman–Crippen LogP) is 1.25. The highest BCUT2D eigenvalue weighted by Crippen LogP contribution is 2.02. The molecule has 0 aromatic heterocycles. The molecule has 0 aromatic rings. The van der Waals surface area contributed by atoms with Crippen molar-refractivity contribution < 1.29 is 9.53 Å². The van der Waals surface area contributed by atoms with Crippen LogP contribution in [0.4, 0.5) is 0 Å². The summed E-state index contributed by atoms with van der Waals surface area (Å²) in [5.74, 6) is -0.420. The monoisotopic (exact) mass is 141 g/mol. The number of ether oxygens (including phenoxy) is 1. The van der Waals surface area contributed by atoms with Gasteiger partial charge in [-0.15, -0.1) is 0 Å². The maximum absolute atomic E-state index is 10.7. The smallest absolute Gasteiger partial charge is 0.389 e. The van der Waals surface area contributed by atoms with Crippen molar-refractivity contribution in [3.63, 3.8) is 0 Å². The zero-order valence-electron chi connectivity index (χ0n) is 6.26. The summed E-state index contributed by atoms with van der Waals surface area (Å²) in [5, 5.41) is 0. The second-order valence-corrected chi connectivity index (χ2v) is 1.96. The standard InChI is InChI=1S/C7H11NO2/c1-4-5-6(8-2)7(9)10-3/h6H,4-5H2,1,3H3. The molecule has 0 saturated heterocycles. The van der Waals surface area contributed by atoms with E-state index in [2.05, 4.69) is 9.58 Å². The minimum atomic E-state index is -0.588. The lowest BCUT2D eigenvalue weighted by Gasteiger charge is -1.99. The van der Waals surface area contributed by atoms with E-state index in [0.717, 1.165) is 6.42 Å². The number of hydrogen-bond acceptors (Lipinski definition) is 2. The van der Waals surface area contributed by atoms with E-state index in [1.165, 1.54) is 7.11 Å². The van der Waals surface area contributed by atoms with E-state index in [-0.39, 0.29) is 0 Å². The van der Waals surface area contributed by atoms with Crippen molar-refractivity contribution in [3.05, 3.63) is 11.4 Å². The van der Waals surface area contributed by atoms with Crippen LogP contribution in [0.1, 0.15) is 19.8 Å². The summed E-state index contributed by atoms with van der Waals surface area (Å²) in [6.45, 7) is 8.55. The molecule has 0 radical (unpaired) electrons. The van der Waals surface area contributed by atoms with Gasteiger partial charge in [-0.05, 0) is 6.42 Å². The number of carbonyl (C=O) groups excluding carboxylic acids is 1. The van der Waals surface area contributed by atoms with Crippen LogP contribution in [-0.4, -0.2) is 19.1 Å². The van der Waals surface area contributed by atoms with Crippen LogP contribution >= 0.6 is 0 Å². The highest BCUT2D eigenvalue weighted by Gasteiger charge is 2.22. The molecule has 0 aliphatic rings. The molecular formula is C7H11NO2. The molecule has 3 nitrogen and oxygen atoms in total. The van der Waals surface area contributed by atoms with Gasteiger partial charge in [0.25, 0.3) is 0 Å². The highest BCUT2D eigenvalue weighted by atomic mass is 16.5. The van der Waals surface area contributed by atoms with Gasteiger partial charge in [0.05, 0.1) is 7.11 Å². The van der Waals surface area contributed by atoms with Gasteiger partial charge in [0.15, 0.2) is 0 Å². The number of hydrogen-bond donors (Lipinski definition) is 0. The lowest BCUT2D eigenvalue weighted by molar-refractivity contribution is -0.141. The van der Waals surface area contributed by atoms with Crippen LogP contribution in [0.15, 0.2) is 0 Å². The van der Waals surface area contributed by atoms with Crippen molar-refractivity contribution >= 4 is 5.97 Å². The third-order valence-electron chi connectivity index (χ3n) is 1.19. The van der Waals surface area contributed by atoms with E-state index in [9.17, 15) is 4.79 Å². The molecule has 0 fully saturated rings. The van der Waals surface area contributed by atoms with E-state index in [1.807, 2.05) is 6.92 Å². The molecule has 0 N–H and O–H groups in total. The van der Waals surface area contributed by atoms with E-state index in [4.69, 9.17) is 6.57 Å². The predicted molar refractivity (Wildman–Crippen MR) is 37.3 cm³/mol. The van der Waals surface area contributed by atoms with Crippen molar-refractivity contribution in [1.82, 2.24) is 0 Å². The second-order valence-electron chi connectivity index (χ2n) is 1.96. The van der Waals surface area contributed by atoms with Crippen LogP contribution in [-0.2, 0) is 9.53 Å². The van der Waals surface area contributed by atoms with Crippen molar-refractivity contribution in [2.45, 2.75) is 25.8 Å². The van der Waals surface area contributed by atoms with E-state index >= 15 is 0 Å². The van der Waals surface area contributed by atoms with Crippen molar-refractivity contribution in [2.24, 2.45) is 0 Å². The summed E-state index contributed by atoms with van der Waals surface area (Å²) in [6.07, 6.45) is 1.43. The largest absolute Gasteiger partial charge is 0.463 e. The quantitative estimate of drug-likeness (QED) is 0.437. The Bertz CT molecular complexity index is 148. The Kier molecular flexibility index (Phi) is 4.30. The van der Waals surface area contributed by atoms with Gasteiger partial charge in [-0.3, -0.25) is 0 Å². The maximum atomic E-state index is 10.7. The lowest BCUT2D eigenvalue weighted by atomic mass is 10.2. The average molecular weight is 141 g/mol. The van der Waals surface area contributed by atoms with Gasteiger partial charge in [-0.2, -0.15) is 0 Å². The van der Waals surface area contributed by atoms with Crippen LogP contribution < -0.4 is 0 Å². The number of nitrogens with zero attached hydrogens (tertiary/aromatic N) is 1. The fourth-order valence-electron chi connectivity index (χ4n) is 0.645. The Morgan fingerprint density at radius 3 is 2.70 bits per heavy atom. The zero-order valence-corrected chi connectivity index (χ0v) is 6.26. The summed E-state index contributed by atoms with van der Waals surface area (Å²) in [7, 11) is 1.30. The molecule has 0 aliphatic heterocycles. The topological polar surface area (TPSA) is 30.7 Å². The molecule has 10 heavy (non-hydrogen) atoms. The summed E-state index contributed by atoms with van der Waals surface area (Å²) in [5.41, 5.74) is 0. The van der Waals surface area contributed by atoms with Crippen LogP contribution in [0.3, 0.4) is 0 Å². The Morgan fingerprint density at radius 2 is 2.40 bits per heavy atom. The van der Waals surface area contributed by atoms with Gasteiger partial charge in [0.1, 0.15) is 0 Å². The molecule has 0 amide bonds. The highest BCUT2D eigenvalue weighted by molar-refractivity contribution is 5.77. The molecule has 0 heterocycles. The van der Waals surface area contributed by atoms with Crippen LogP contribution in [0.2, 0.25) is 0 Å². The Balaban J connectivity index is 3.84. The first-order valence-corrected chi connectivity index (χ1v) is 3.20. The first-order chi connectivity index (χ1) is 4.76. The van der Waals surface area contributed by atoms with Gasteiger partial charge in [0, 0.05) is 6.42 Å². The van der Waals surface area contributed by atoms with E-state index in [1.54, 1.807) is 0 Å². The number of methoxy groups -OCH3 is 1. The normalized spacial score (nSPS) is 11.7. The number of rotatable bonds is 3. The molecular weight excluding hydrogens is 130 g/mol. The minimum absolute atomic E-state index is 0.420.